The minimum absolute atomic E-state index is 0.135. The van der Waals surface area contributed by atoms with Crippen LogP contribution in [-0.4, -0.2) is 23.4 Å². The molecule has 0 spiro atoms. The van der Waals surface area contributed by atoms with Crippen molar-refractivity contribution in [2.24, 2.45) is 5.73 Å². The van der Waals surface area contributed by atoms with E-state index >= 15 is 0 Å². The molecule has 0 radical (unpaired) electrons. The molecular weight excluding hydrogens is 178 g/mol. The van der Waals surface area contributed by atoms with E-state index < -0.39 is 6.10 Å². The van der Waals surface area contributed by atoms with Gasteiger partial charge in [0.1, 0.15) is 18.0 Å². The molecule has 2 rings (SSSR count). The maximum absolute atomic E-state index is 9.67. The summed E-state index contributed by atoms with van der Waals surface area (Å²) in [5.41, 5.74) is 5.69. The third-order valence-corrected chi connectivity index (χ3v) is 2.63. The second-order valence-electron chi connectivity index (χ2n) is 3.70. The first-order chi connectivity index (χ1) is 6.77. The van der Waals surface area contributed by atoms with Crippen molar-refractivity contribution in [3.8, 4) is 5.75 Å². The number of hydrogen-bond acceptors (Lipinski definition) is 3. The molecule has 0 amide bonds. The first kappa shape index (κ1) is 9.49. The van der Waals surface area contributed by atoms with Crippen molar-refractivity contribution in [2.75, 3.05) is 0 Å². The summed E-state index contributed by atoms with van der Waals surface area (Å²) < 4.78 is 5.63. The Morgan fingerprint density at radius 1 is 1.21 bits per heavy atom. The zero-order valence-corrected chi connectivity index (χ0v) is 7.97. The Bertz CT molecular complexity index is 289. The minimum atomic E-state index is -0.532. The van der Waals surface area contributed by atoms with Crippen LogP contribution in [0.4, 0.5) is 0 Å². The number of para-hydroxylation sites is 1. The van der Waals surface area contributed by atoms with Crippen molar-refractivity contribution in [1.82, 2.24) is 0 Å². The molecule has 14 heavy (non-hydrogen) atoms. The molecule has 3 heteroatoms. The van der Waals surface area contributed by atoms with E-state index in [1.54, 1.807) is 0 Å². The summed E-state index contributed by atoms with van der Waals surface area (Å²) in [4.78, 5) is 0. The molecule has 1 aliphatic rings. The van der Waals surface area contributed by atoms with Crippen LogP contribution in [0.15, 0.2) is 30.3 Å². The standard InChI is InChI=1S/C11H15NO2/c12-9-6-7-10(11(9)13)14-8-4-2-1-3-5-8/h1-5,9-11,13H,6-7,12H2/t9-,10+,11-/m0/s1. The lowest BCUT2D eigenvalue weighted by atomic mass is 10.2. The average Bonchev–Trinajstić information content (AvgIpc) is 2.52. The zero-order chi connectivity index (χ0) is 9.97. The largest absolute Gasteiger partial charge is 0.488 e. The fraction of sp³-hybridized carbons (Fsp3) is 0.455. The number of aliphatic hydroxyl groups is 1. The van der Waals surface area contributed by atoms with Gasteiger partial charge in [0.05, 0.1) is 0 Å². The predicted octanol–water partition coefficient (Wildman–Crippen LogP) is 0.916. The van der Waals surface area contributed by atoms with Crippen molar-refractivity contribution in [2.45, 2.75) is 31.1 Å². The van der Waals surface area contributed by atoms with Crippen molar-refractivity contribution < 1.29 is 9.84 Å². The van der Waals surface area contributed by atoms with Crippen LogP contribution in [0.2, 0.25) is 0 Å². The molecule has 76 valence electrons. The molecule has 1 aromatic carbocycles. The summed E-state index contributed by atoms with van der Waals surface area (Å²) in [6.07, 6.45) is 0.984. The topological polar surface area (TPSA) is 55.5 Å². The van der Waals surface area contributed by atoms with Crippen molar-refractivity contribution in [3.63, 3.8) is 0 Å². The van der Waals surface area contributed by atoms with Gasteiger partial charge in [-0.05, 0) is 25.0 Å². The van der Waals surface area contributed by atoms with Gasteiger partial charge in [-0.15, -0.1) is 0 Å². The van der Waals surface area contributed by atoms with E-state index in [2.05, 4.69) is 0 Å². The van der Waals surface area contributed by atoms with E-state index in [-0.39, 0.29) is 12.1 Å². The van der Waals surface area contributed by atoms with Crippen LogP contribution < -0.4 is 10.5 Å². The van der Waals surface area contributed by atoms with Gasteiger partial charge >= 0.3 is 0 Å². The van der Waals surface area contributed by atoms with Crippen LogP contribution in [0.25, 0.3) is 0 Å². The normalized spacial score (nSPS) is 31.7. The second kappa shape index (κ2) is 3.98. The van der Waals surface area contributed by atoms with Crippen molar-refractivity contribution in [3.05, 3.63) is 30.3 Å². The SMILES string of the molecule is N[C@H]1CC[C@@H](Oc2ccccc2)[C@H]1O. The molecule has 0 saturated heterocycles. The third-order valence-electron chi connectivity index (χ3n) is 2.63. The molecule has 3 atom stereocenters. The van der Waals surface area contributed by atoms with Crippen LogP contribution in [0.3, 0.4) is 0 Å². The highest BCUT2D eigenvalue weighted by Gasteiger charge is 2.33. The summed E-state index contributed by atoms with van der Waals surface area (Å²) in [7, 11) is 0. The van der Waals surface area contributed by atoms with E-state index in [0.29, 0.717) is 0 Å². The van der Waals surface area contributed by atoms with E-state index in [0.717, 1.165) is 18.6 Å². The summed E-state index contributed by atoms with van der Waals surface area (Å²) in [6.45, 7) is 0. The summed E-state index contributed by atoms with van der Waals surface area (Å²) >= 11 is 0. The average molecular weight is 193 g/mol. The minimum Gasteiger partial charge on any atom is -0.488 e. The fourth-order valence-electron chi connectivity index (χ4n) is 1.78. The molecule has 0 bridgehead atoms. The van der Waals surface area contributed by atoms with E-state index in [1.165, 1.54) is 0 Å². The van der Waals surface area contributed by atoms with Crippen molar-refractivity contribution >= 4 is 0 Å². The molecule has 1 saturated carbocycles. The van der Waals surface area contributed by atoms with E-state index in [4.69, 9.17) is 10.5 Å². The monoisotopic (exact) mass is 193 g/mol. The molecule has 1 fully saturated rings. The number of benzene rings is 1. The van der Waals surface area contributed by atoms with Gasteiger partial charge in [0.15, 0.2) is 0 Å². The Morgan fingerprint density at radius 2 is 1.93 bits per heavy atom. The van der Waals surface area contributed by atoms with Crippen LogP contribution in [0, 0.1) is 0 Å². The summed E-state index contributed by atoms with van der Waals surface area (Å²) in [6, 6.07) is 9.40. The van der Waals surface area contributed by atoms with Gasteiger partial charge < -0.3 is 15.6 Å². The van der Waals surface area contributed by atoms with E-state index in [1.807, 2.05) is 30.3 Å². The zero-order valence-electron chi connectivity index (χ0n) is 7.97. The van der Waals surface area contributed by atoms with E-state index in [9.17, 15) is 5.11 Å². The number of rotatable bonds is 2. The maximum Gasteiger partial charge on any atom is 0.126 e. The van der Waals surface area contributed by atoms with Crippen molar-refractivity contribution in [1.29, 1.82) is 0 Å². The number of hydrogen-bond donors (Lipinski definition) is 2. The lowest BCUT2D eigenvalue weighted by molar-refractivity contribution is 0.0521. The molecule has 0 aliphatic heterocycles. The molecule has 3 N–H and O–H groups in total. The lowest BCUT2D eigenvalue weighted by Crippen LogP contribution is -2.37. The molecule has 3 nitrogen and oxygen atoms in total. The Labute approximate surface area is 83.5 Å². The molecule has 0 unspecified atom stereocenters. The fourth-order valence-corrected chi connectivity index (χ4v) is 1.78. The third kappa shape index (κ3) is 1.89. The Balaban J connectivity index is 1.99. The molecule has 0 heterocycles. The second-order valence-corrected chi connectivity index (χ2v) is 3.70. The molecular formula is C11H15NO2. The highest BCUT2D eigenvalue weighted by molar-refractivity contribution is 5.21. The Kier molecular flexibility index (Phi) is 2.70. The Hall–Kier alpha value is -1.06. The van der Waals surface area contributed by atoms with Gasteiger partial charge in [-0.25, -0.2) is 0 Å². The highest BCUT2D eigenvalue weighted by atomic mass is 16.5. The predicted molar refractivity (Wildman–Crippen MR) is 54.1 cm³/mol. The number of ether oxygens (including phenoxy) is 1. The molecule has 0 aromatic heterocycles. The number of nitrogens with two attached hydrogens (primary N) is 1. The van der Waals surface area contributed by atoms with Gasteiger partial charge in [0, 0.05) is 6.04 Å². The smallest absolute Gasteiger partial charge is 0.126 e. The molecule has 1 aromatic rings. The van der Waals surface area contributed by atoms with Crippen LogP contribution in [-0.2, 0) is 0 Å². The van der Waals surface area contributed by atoms with Gasteiger partial charge in [-0.3, -0.25) is 0 Å². The Morgan fingerprint density at radius 3 is 2.50 bits per heavy atom. The first-order valence-corrected chi connectivity index (χ1v) is 4.93. The number of aliphatic hydroxyl groups excluding tert-OH is 1. The van der Waals surface area contributed by atoms with Gasteiger partial charge in [-0.2, -0.15) is 0 Å². The van der Waals surface area contributed by atoms with Crippen LogP contribution in [0.1, 0.15) is 12.8 Å². The van der Waals surface area contributed by atoms with Crippen LogP contribution >= 0.6 is 0 Å². The van der Waals surface area contributed by atoms with Crippen LogP contribution in [0.5, 0.6) is 5.75 Å². The highest BCUT2D eigenvalue weighted by Crippen LogP contribution is 2.23. The lowest BCUT2D eigenvalue weighted by Gasteiger charge is -2.18. The first-order valence-electron chi connectivity index (χ1n) is 4.93. The summed E-state index contributed by atoms with van der Waals surface area (Å²) in [5, 5.41) is 9.67. The van der Waals surface area contributed by atoms with Gasteiger partial charge in [-0.1, -0.05) is 18.2 Å². The quantitative estimate of drug-likeness (QED) is 0.734. The summed E-state index contributed by atoms with van der Waals surface area (Å²) in [5.74, 6) is 0.797. The molecule has 1 aliphatic carbocycles. The maximum atomic E-state index is 9.67. The van der Waals surface area contributed by atoms with Gasteiger partial charge in [0.25, 0.3) is 0 Å². The van der Waals surface area contributed by atoms with Gasteiger partial charge in [0.2, 0.25) is 0 Å².